The lowest BCUT2D eigenvalue weighted by Gasteiger charge is -2.30. The molecule has 0 bridgehead atoms. The van der Waals surface area contributed by atoms with Crippen LogP contribution in [0.25, 0.3) is 0 Å². The summed E-state index contributed by atoms with van der Waals surface area (Å²) in [4.78, 5) is 21.8. The van der Waals surface area contributed by atoms with Gasteiger partial charge in [-0.15, -0.1) is 0 Å². The molecule has 0 saturated carbocycles. The van der Waals surface area contributed by atoms with Crippen molar-refractivity contribution in [1.82, 2.24) is 4.90 Å². The van der Waals surface area contributed by atoms with Crippen LogP contribution in [0.5, 0.6) is 0 Å². The molecule has 0 radical (unpaired) electrons. The highest BCUT2D eigenvalue weighted by atomic mass is 16.6. The lowest BCUT2D eigenvalue weighted by atomic mass is 10.1. The smallest absolute Gasteiger partial charge is 0.410 e. The van der Waals surface area contributed by atoms with Crippen molar-refractivity contribution in [2.45, 2.75) is 53.2 Å². The molecule has 2 amide bonds. The van der Waals surface area contributed by atoms with Gasteiger partial charge in [0.05, 0.1) is 0 Å². The van der Waals surface area contributed by atoms with E-state index >= 15 is 0 Å². The van der Waals surface area contributed by atoms with Crippen LogP contribution in [0.3, 0.4) is 0 Å². The van der Waals surface area contributed by atoms with Gasteiger partial charge < -0.3 is 15.4 Å². The molecule has 17 heavy (non-hydrogen) atoms. The van der Waals surface area contributed by atoms with Gasteiger partial charge in [-0.1, -0.05) is 13.8 Å². The third kappa shape index (κ3) is 9.66. The Bertz CT molecular complexity index is 234. The number of carbonyl (C=O) groups is 2. The van der Waals surface area contributed by atoms with Crippen molar-refractivity contribution in [3.63, 3.8) is 0 Å². The van der Waals surface area contributed by atoms with Crippen molar-refractivity contribution in [1.29, 1.82) is 0 Å². The van der Waals surface area contributed by atoms with Gasteiger partial charge in [0.15, 0.2) is 0 Å². The number of nitrogens with two attached hydrogens (primary N) is 1. The molecule has 0 aliphatic heterocycles. The summed E-state index contributed by atoms with van der Waals surface area (Å²) in [6, 6.07) is 0.199. The highest BCUT2D eigenvalue weighted by molar-refractivity contribution is 5.68. The predicted molar refractivity (Wildman–Crippen MR) is 68.5 cm³/mol. The molecule has 0 heterocycles. The summed E-state index contributed by atoms with van der Waals surface area (Å²) in [6.07, 6.45) is -0.00120. The summed E-state index contributed by atoms with van der Waals surface area (Å²) in [5.41, 5.74) is 3.75. The Hall–Kier alpha value is -1.26. The Morgan fingerprint density at radius 2 is 1.65 bits per heavy atom. The van der Waals surface area contributed by atoms with E-state index in [0.29, 0.717) is 5.92 Å². The number of hydrogen-bond acceptors (Lipinski definition) is 3. The van der Waals surface area contributed by atoms with Crippen LogP contribution < -0.4 is 5.73 Å². The molecule has 0 aliphatic rings. The Morgan fingerprint density at radius 1 is 1.29 bits per heavy atom. The van der Waals surface area contributed by atoms with Gasteiger partial charge in [0.25, 0.3) is 0 Å². The van der Waals surface area contributed by atoms with Gasteiger partial charge >= 0.3 is 6.09 Å². The SMILES string of the molecule is CC(C)C(C)N(C)C(=O)OC(C)(C)C.NC=O. The summed E-state index contributed by atoms with van der Waals surface area (Å²) < 4.78 is 5.26. The molecule has 0 rings (SSSR count). The number of carbonyl (C=O) groups excluding carboxylic acids is 2. The van der Waals surface area contributed by atoms with E-state index in [1.54, 1.807) is 11.9 Å². The van der Waals surface area contributed by atoms with Crippen LogP contribution in [0, 0.1) is 5.92 Å². The van der Waals surface area contributed by atoms with Crippen LogP contribution in [-0.4, -0.2) is 36.1 Å². The topological polar surface area (TPSA) is 72.6 Å². The van der Waals surface area contributed by atoms with Crippen molar-refractivity contribution in [2.75, 3.05) is 7.05 Å². The first-order valence-electron chi connectivity index (χ1n) is 5.68. The minimum absolute atomic E-state index is 0.199. The highest BCUT2D eigenvalue weighted by Gasteiger charge is 2.24. The van der Waals surface area contributed by atoms with Crippen LogP contribution >= 0.6 is 0 Å². The van der Waals surface area contributed by atoms with Crippen molar-refractivity contribution < 1.29 is 14.3 Å². The summed E-state index contributed by atoms with van der Waals surface area (Å²) in [7, 11) is 1.78. The molecule has 1 unspecified atom stereocenters. The van der Waals surface area contributed by atoms with Crippen molar-refractivity contribution in [2.24, 2.45) is 11.7 Å². The average molecular weight is 246 g/mol. The van der Waals surface area contributed by atoms with E-state index in [1.165, 1.54) is 0 Å². The Labute approximate surface area is 104 Å². The van der Waals surface area contributed by atoms with Gasteiger partial charge in [0.2, 0.25) is 6.41 Å². The summed E-state index contributed by atoms with van der Waals surface area (Å²) in [5, 5.41) is 0. The van der Waals surface area contributed by atoms with Gasteiger partial charge in [-0.25, -0.2) is 4.79 Å². The van der Waals surface area contributed by atoms with Gasteiger partial charge in [-0.3, -0.25) is 4.79 Å². The van der Waals surface area contributed by atoms with E-state index in [2.05, 4.69) is 19.6 Å². The van der Waals surface area contributed by atoms with E-state index in [9.17, 15) is 4.79 Å². The average Bonchev–Trinajstić information content (AvgIpc) is 2.13. The Kier molecular flexibility index (Phi) is 8.44. The Morgan fingerprint density at radius 3 is 1.88 bits per heavy atom. The van der Waals surface area contributed by atoms with E-state index in [0.717, 1.165) is 0 Å². The second-order valence-electron chi connectivity index (χ2n) is 5.21. The second kappa shape index (κ2) is 7.92. The number of ether oxygens (including phenoxy) is 1. The fourth-order valence-electron chi connectivity index (χ4n) is 0.947. The molecular formula is C12H26N2O3. The van der Waals surface area contributed by atoms with E-state index < -0.39 is 5.60 Å². The molecule has 2 N–H and O–H groups in total. The third-order valence-electron chi connectivity index (χ3n) is 2.26. The molecule has 0 aromatic heterocycles. The fraction of sp³-hybridized carbons (Fsp3) is 0.833. The zero-order valence-electron chi connectivity index (χ0n) is 12.0. The molecule has 0 aliphatic carbocycles. The predicted octanol–water partition coefficient (Wildman–Crippen LogP) is 2.00. The molecule has 102 valence electrons. The molecular weight excluding hydrogens is 220 g/mol. The van der Waals surface area contributed by atoms with Crippen molar-refractivity contribution in [3.8, 4) is 0 Å². The third-order valence-corrected chi connectivity index (χ3v) is 2.26. The van der Waals surface area contributed by atoms with Crippen LogP contribution in [0.2, 0.25) is 0 Å². The van der Waals surface area contributed by atoms with Crippen LogP contribution in [0.4, 0.5) is 4.79 Å². The molecule has 5 heteroatoms. The second-order valence-corrected chi connectivity index (χ2v) is 5.21. The normalized spacial score (nSPS) is 12.2. The summed E-state index contributed by atoms with van der Waals surface area (Å²) >= 11 is 0. The quantitative estimate of drug-likeness (QED) is 0.757. The maximum atomic E-state index is 11.6. The molecule has 0 spiro atoms. The number of primary amides is 1. The Balaban J connectivity index is 0. The van der Waals surface area contributed by atoms with Gasteiger partial charge in [-0.05, 0) is 33.6 Å². The standard InChI is InChI=1S/C11H23NO2.CH3NO/c1-8(2)9(3)12(7)10(13)14-11(4,5)6;2-1-3/h8-9H,1-7H3;1H,(H2,2,3). The zero-order valence-corrected chi connectivity index (χ0v) is 12.0. The highest BCUT2D eigenvalue weighted by Crippen LogP contribution is 2.13. The molecule has 0 saturated heterocycles. The van der Waals surface area contributed by atoms with Crippen molar-refractivity contribution in [3.05, 3.63) is 0 Å². The molecule has 5 nitrogen and oxygen atoms in total. The molecule has 0 fully saturated rings. The van der Waals surface area contributed by atoms with E-state index in [1.807, 2.05) is 27.7 Å². The van der Waals surface area contributed by atoms with Crippen LogP contribution in [0.1, 0.15) is 41.5 Å². The van der Waals surface area contributed by atoms with E-state index in [4.69, 9.17) is 9.53 Å². The van der Waals surface area contributed by atoms with Gasteiger partial charge in [0, 0.05) is 13.1 Å². The molecule has 0 aromatic rings. The molecule has 1 atom stereocenters. The summed E-state index contributed by atoms with van der Waals surface area (Å²) in [5.74, 6) is 0.438. The maximum Gasteiger partial charge on any atom is 0.410 e. The number of nitrogens with zero attached hydrogens (tertiary/aromatic N) is 1. The minimum Gasteiger partial charge on any atom is -0.444 e. The number of amides is 2. The molecule has 0 aromatic carbocycles. The number of hydrogen-bond donors (Lipinski definition) is 1. The first-order chi connectivity index (χ1) is 7.56. The first-order valence-corrected chi connectivity index (χ1v) is 5.68. The van der Waals surface area contributed by atoms with Crippen LogP contribution in [0.15, 0.2) is 0 Å². The van der Waals surface area contributed by atoms with Gasteiger partial charge in [0.1, 0.15) is 5.60 Å². The fourth-order valence-corrected chi connectivity index (χ4v) is 0.947. The lowest BCUT2D eigenvalue weighted by molar-refractivity contribution is -0.106. The number of rotatable bonds is 2. The lowest BCUT2D eigenvalue weighted by Crippen LogP contribution is -2.41. The van der Waals surface area contributed by atoms with E-state index in [-0.39, 0.29) is 18.5 Å². The van der Waals surface area contributed by atoms with Crippen molar-refractivity contribution >= 4 is 12.5 Å². The van der Waals surface area contributed by atoms with Crippen LogP contribution in [-0.2, 0) is 9.53 Å². The van der Waals surface area contributed by atoms with Gasteiger partial charge in [-0.2, -0.15) is 0 Å². The summed E-state index contributed by atoms with van der Waals surface area (Å²) in [6.45, 7) is 11.8. The maximum absolute atomic E-state index is 11.6. The first kappa shape index (κ1) is 18.1. The monoisotopic (exact) mass is 246 g/mol. The largest absolute Gasteiger partial charge is 0.444 e. The zero-order chi connectivity index (χ0) is 14.2. The minimum atomic E-state index is -0.415.